The Labute approximate surface area is 231 Å². The molecule has 0 bridgehead atoms. The molecule has 0 radical (unpaired) electrons. The Kier molecular flexibility index (Phi) is 8.79. The molecule has 0 aromatic carbocycles. The second-order valence-corrected chi connectivity index (χ2v) is 11.7. The maximum absolute atomic E-state index is 13.3. The van der Waals surface area contributed by atoms with Crippen molar-refractivity contribution in [1.82, 2.24) is 30.4 Å². The fraction of sp³-hybridized carbons (Fsp3) is 0.480. The van der Waals surface area contributed by atoms with E-state index in [1.165, 1.54) is 17.5 Å². The monoisotopic (exact) mass is 561 g/mol. The van der Waals surface area contributed by atoms with E-state index in [9.17, 15) is 9.59 Å². The lowest BCUT2D eigenvalue weighted by molar-refractivity contribution is -0.134. The van der Waals surface area contributed by atoms with Crippen LogP contribution in [0.4, 0.5) is 5.82 Å². The number of likely N-dealkylation sites (N-methyl/N-ethyl adjacent to an activating group) is 1. The van der Waals surface area contributed by atoms with Crippen molar-refractivity contribution in [3.8, 4) is 0 Å². The molecule has 2 aromatic heterocycles. The largest absolute Gasteiger partial charge is 0.370 e. The van der Waals surface area contributed by atoms with Crippen LogP contribution in [0.15, 0.2) is 30.6 Å². The molecule has 12 heteroatoms. The van der Waals surface area contributed by atoms with Crippen LogP contribution in [-0.2, 0) is 17.8 Å². The molecular formula is C25H32ClN7O2S2. The zero-order valence-electron chi connectivity index (χ0n) is 21.2. The number of nitrogens with zero attached hydrogens (tertiary/aromatic N) is 4. The van der Waals surface area contributed by atoms with Gasteiger partial charge in [0, 0.05) is 56.6 Å². The molecule has 3 atom stereocenters. The number of rotatable bonds is 7. The van der Waals surface area contributed by atoms with Crippen LogP contribution in [0.3, 0.4) is 0 Å². The Morgan fingerprint density at radius 3 is 2.73 bits per heavy atom. The highest BCUT2D eigenvalue weighted by molar-refractivity contribution is 7.80. The van der Waals surface area contributed by atoms with E-state index >= 15 is 0 Å². The molecule has 0 spiro atoms. The predicted molar refractivity (Wildman–Crippen MR) is 151 cm³/mol. The van der Waals surface area contributed by atoms with Gasteiger partial charge in [0.25, 0.3) is 5.91 Å². The summed E-state index contributed by atoms with van der Waals surface area (Å²) in [5.74, 6) is 0.240. The fourth-order valence-corrected chi connectivity index (χ4v) is 6.06. The molecule has 3 N–H and O–H groups in total. The summed E-state index contributed by atoms with van der Waals surface area (Å²) in [6.45, 7) is 5.77. The molecule has 0 unspecified atom stereocenters. The van der Waals surface area contributed by atoms with Crippen LogP contribution in [-0.4, -0.2) is 76.3 Å². The third-order valence-corrected chi connectivity index (χ3v) is 8.34. The van der Waals surface area contributed by atoms with Gasteiger partial charge in [0.2, 0.25) is 5.91 Å². The molecular weight excluding hydrogens is 530 g/mol. The SMILES string of the molecule is C=C(Nc1ccc(Cl)cn1)C(=S)N[C@H]1CC[C@H](C(=O)N(C)C)C[C@H]1NC(=O)c1nc2c(s1)CN(C)CC2. The highest BCUT2D eigenvalue weighted by Crippen LogP contribution is 2.28. The maximum Gasteiger partial charge on any atom is 0.280 e. The van der Waals surface area contributed by atoms with E-state index in [4.69, 9.17) is 23.8 Å². The predicted octanol–water partition coefficient (Wildman–Crippen LogP) is 3.08. The topological polar surface area (TPSA) is 102 Å². The van der Waals surface area contributed by atoms with Gasteiger partial charge in [0.05, 0.1) is 22.5 Å². The summed E-state index contributed by atoms with van der Waals surface area (Å²) in [4.78, 5) is 40.2. The first-order valence-electron chi connectivity index (χ1n) is 12.2. The highest BCUT2D eigenvalue weighted by Gasteiger charge is 2.36. The summed E-state index contributed by atoms with van der Waals surface area (Å²) in [5, 5.41) is 10.6. The zero-order valence-corrected chi connectivity index (χ0v) is 23.6. The van der Waals surface area contributed by atoms with Gasteiger partial charge in [-0.05, 0) is 38.4 Å². The number of thiocarbonyl (C=S) groups is 1. The van der Waals surface area contributed by atoms with Gasteiger partial charge in [0.15, 0.2) is 5.01 Å². The number of nitrogens with one attached hydrogen (secondary N) is 3. The van der Waals surface area contributed by atoms with Crippen LogP contribution in [0.1, 0.15) is 39.6 Å². The molecule has 4 rings (SSSR count). The minimum atomic E-state index is -0.307. The molecule has 3 heterocycles. The van der Waals surface area contributed by atoms with E-state index in [0.717, 1.165) is 30.1 Å². The summed E-state index contributed by atoms with van der Waals surface area (Å²) >= 11 is 13.0. The van der Waals surface area contributed by atoms with E-state index in [1.807, 2.05) is 0 Å². The molecule has 198 valence electrons. The van der Waals surface area contributed by atoms with Crippen molar-refractivity contribution in [2.45, 2.75) is 44.3 Å². The van der Waals surface area contributed by atoms with Crippen molar-refractivity contribution in [2.24, 2.45) is 5.92 Å². The lowest BCUT2D eigenvalue weighted by Crippen LogP contribution is -2.56. The van der Waals surface area contributed by atoms with Gasteiger partial charge in [0.1, 0.15) is 10.8 Å². The number of thiazole rings is 1. The van der Waals surface area contributed by atoms with Gasteiger partial charge >= 0.3 is 0 Å². The van der Waals surface area contributed by atoms with Crippen LogP contribution < -0.4 is 16.0 Å². The third-order valence-electron chi connectivity index (χ3n) is 6.67. The van der Waals surface area contributed by atoms with Crippen LogP contribution in [0.25, 0.3) is 0 Å². The number of carbonyl (C=O) groups is 2. The molecule has 37 heavy (non-hydrogen) atoms. The number of aromatic nitrogens is 2. The van der Waals surface area contributed by atoms with Crippen molar-refractivity contribution in [3.05, 3.63) is 51.2 Å². The average molecular weight is 562 g/mol. The number of pyridine rings is 1. The van der Waals surface area contributed by atoms with Gasteiger partial charge < -0.3 is 25.8 Å². The number of carbonyl (C=O) groups excluding carboxylic acids is 2. The van der Waals surface area contributed by atoms with Crippen molar-refractivity contribution < 1.29 is 9.59 Å². The molecule has 9 nitrogen and oxygen atoms in total. The van der Waals surface area contributed by atoms with Gasteiger partial charge in [-0.3, -0.25) is 9.59 Å². The summed E-state index contributed by atoms with van der Waals surface area (Å²) < 4.78 is 0. The van der Waals surface area contributed by atoms with E-state index in [2.05, 4.69) is 44.4 Å². The average Bonchev–Trinajstić information content (AvgIpc) is 3.29. The maximum atomic E-state index is 13.3. The Balaban J connectivity index is 1.45. The number of halogens is 1. The number of hydrogen-bond donors (Lipinski definition) is 3. The Bertz CT molecular complexity index is 1180. The first-order chi connectivity index (χ1) is 17.6. The summed E-state index contributed by atoms with van der Waals surface area (Å²) in [6.07, 6.45) is 4.25. The molecule has 1 aliphatic heterocycles. The molecule has 1 saturated carbocycles. The van der Waals surface area contributed by atoms with Crippen LogP contribution >= 0.6 is 35.2 Å². The number of hydrogen-bond acceptors (Lipinski definition) is 8. The summed E-state index contributed by atoms with van der Waals surface area (Å²) in [5.41, 5.74) is 1.49. The Hall–Kier alpha value is -2.60. The lowest BCUT2D eigenvalue weighted by Gasteiger charge is -2.37. The standard InChI is InChI=1S/C25H32ClN7O2S2/c1-14(28-21-8-6-16(26)12-27-21)23(36)30-17-7-5-15(25(35)32(2)3)11-19(17)29-22(34)24-31-18-9-10-33(4)13-20(18)37-24/h6,8,12,15,17,19H,1,5,7,9-11,13H2,2-4H3,(H,27,28)(H,29,34)(H,30,36)/t15-,17-,19+/m0/s1. The minimum absolute atomic E-state index is 0.0629. The molecule has 2 amide bonds. The van der Waals surface area contributed by atoms with Crippen LogP contribution in [0, 0.1) is 5.92 Å². The van der Waals surface area contributed by atoms with Gasteiger partial charge in [-0.25, -0.2) is 9.97 Å². The van der Waals surface area contributed by atoms with Gasteiger partial charge in [-0.1, -0.05) is 30.4 Å². The molecule has 1 fully saturated rings. The minimum Gasteiger partial charge on any atom is -0.370 e. The van der Waals surface area contributed by atoms with Crippen LogP contribution in [0.2, 0.25) is 5.02 Å². The van der Waals surface area contributed by atoms with Crippen LogP contribution in [0.5, 0.6) is 0 Å². The molecule has 0 saturated heterocycles. The first kappa shape index (κ1) is 27.4. The second-order valence-electron chi connectivity index (χ2n) is 9.74. The molecule has 1 aliphatic carbocycles. The summed E-state index contributed by atoms with van der Waals surface area (Å²) in [7, 11) is 5.58. The van der Waals surface area contributed by atoms with E-state index in [0.29, 0.717) is 45.8 Å². The number of amides is 2. The first-order valence-corrected chi connectivity index (χ1v) is 13.8. The van der Waals surface area contributed by atoms with Gasteiger partial charge in [-0.2, -0.15) is 0 Å². The normalized spacial score (nSPS) is 21.5. The molecule has 2 aromatic rings. The fourth-order valence-electron chi connectivity index (χ4n) is 4.66. The van der Waals surface area contributed by atoms with Gasteiger partial charge in [-0.15, -0.1) is 11.3 Å². The van der Waals surface area contributed by atoms with Crippen molar-refractivity contribution in [1.29, 1.82) is 0 Å². The van der Waals surface area contributed by atoms with Crippen molar-refractivity contribution in [3.63, 3.8) is 0 Å². The lowest BCUT2D eigenvalue weighted by atomic mass is 9.81. The quantitative estimate of drug-likeness (QED) is 0.350. The summed E-state index contributed by atoms with van der Waals surface area (Å²) in [6, 6.07) is 2.99. The van der Waals surface area contributed by atoms with Crippen molar-refractivity contribution in [2.75, 3.05) is 33.0 Å². The third kappa shape index (κ3) is 6.84. The number of fused-ring (bicyclic) bond motifs is 1. The molecule has 2 aliphatic rings. The van der Waals surface area contributed by atoms with E-state index in [1.54, 1.807) is 31.1 Å². The number of anilines is 1. The van der Waals surface area contributed by atoms with E-state index < -0.39 is 0 Å². The Morgan fingerprint density at radius 2 is 2.03 bits per heavy atom. The Morgan fingerprint density at radius 1 is 1.24 bits per heavy atom. The smallest absolute Gasteiger partial charge is 0.280 e. The zero-order chi connectivity index (χ0) is 26.7. The highest BCUT2D eigenvalue weighted by atomic mass is 35.5. The van der Waals surface area contributed by atoms with Crippen molar-refractivity contribution >= 4 is 57.8 Å². The second kappa shape index (κ2) is 11.8. The van der Waals surface area contributed by atoms with E-state index in [-0.39, 0.29) is 29.8 Å².